The summed E-state index contributed by atoms with van der Waals surface area (Å²) in [6.07, 6.45) is 6.48. The van der Waals surface area contributed by atoms with Crippen LogP contribution in [0.25, 0.3) is 0 Å². The molecule has 2 rings (SSSR count). The minimum Gasteiger partial charge on any atom is -0.375 e. The third-order valence-corrected chi connectivity index (χ3v) is 4.71. The number of morpholine rings is 1. The van der Waals surface area contributed by atoms with Gasteiger partial charge in [0.1, 0.15) is 6.04 Å². The van der Waals surface area contributed by atoms with E-state index >= 15 is 0 Å². The van der Waals surface area contributed by atoms with Crippen LogP contribution in [0.15, 0.2) is 0 Å². The van der Waals surface area contributed by atoms with Crippen molar-refractivity contribution in [2.45, 2.75) is 58.1 Å². The quantitative estimate of drug-likeness (QED) is 0.836. The van der Waals surface area contributed by atoms with Crippen molar-refractivity contribution in [2.75, 3.05) is 19.7 Å². The van der Waals surface area contributed by atoms with Gasteiger partial charge in [0.05, 0.1) is 12.7 Å². The van der Waals surface area contributed by atoms with Gasteiger partial charge >= 0.3 is 0 Å². The predicted octanol–water partition coefficient (Wildman–Crippen LogP) is 2.12. The smallest absolute Gasteiger partial charge is 0.239 e. The second kappa shape index (κ2) is 8.85. The number of carbonyl (C=O) groups excluding carboxylic acids is 1. The maximum Gasteiger partial charge on any atom is 0.239 e. The van der Waals surface area contributed by atoms with E-state index in [0.29, 0.717) is 12.5 Å². The van der Waals surface area contributed by atoms with Gasteiger partial charge in [-0.1, -0.05) is 26.2 Å². The lowest BCUT2D eigenvalue weighted by molar-refractivity contribution is -0.129. The van der Waals surface area contributed by atoms with Crippen molar-refractivity contribution in [3.05, 3.63) is 0 Å². The zero-order valence-electron chi connectivity index (χ0n) is 12.7. The molecule has 0 aromatic carbocycles. The second-order valence-electron chi connectivity index (χ2n) is 6.05. The van der Waals surface area contributed by atoms with Crippen molar-refractivity contribution >= 4 is 18.3 Å². The van der Waals surface area contributed by atoms with Crippen molar-refractivity contribution in [3.8, 4) is 0 Å². The number of hydrogen-bond donors (Lipinski definition) is 2. The molecule has 0 unspecified atom stereocenters. The van der Waals surface area contributed by atoms with Crippen molar-refractivity contribution in [3.63, 3.8) is 0 Å². The van der Waals surface area contributed by atoms with E-state index in [1.165, 1.54) is 32.1 Å². The summed E-state index contributed by atoms with van der Waals surface area (Å²) < 4.78 is 5.51. The van der Waals surface area contributed by atoms with Gasteiger partial charge in [-0.15, -0.1) is 12.4 Å². The molecule has 0 bridgehead atoms. The first-order valence-corrected chi connectivity index (χ1v) is 7.83. The minimum atomic E-state index is -0.180. The summed E-state index contributed by atoms with van der Waals surface area (Å²) >= 11 is 0. The highest BCUT2D eigenvalue weighted by molar-refractivity contribution is 5.85. The van der Waals surface area contributed by atoms with Crippen LogP contribution in [0.1, 0.15) is 46.0 Å². The summed E-state index contributed by atoms with van der Waals surface area (Å²) in [7, 11) is 0. The number of amides is 1. The fourth-order valence-corrected chi connectivity index (χ4v) is 3.23. The van der Waals surface area contributed by atoms with E-state index in [1.54, 1.807) is 0 Å². The number of ether oxygens (including phenoxy) is 1. The monoisotopic (exact) mass is 304 g/mol. The molecule has 20 heavy (non-hydrogen) atoms. The number of hydrogen-bond acceptors (Lipinski definition) is 3. The number of nitrogens with one attached hydrogen (secondary N) is 2. The van der Waals surface area contributed by atoms with Crippen LogP contribution in [-0.4, -0.2) is 37.7 Å². The predicted molar refractivity (Wildman–Crippen MR) is 83.2 cm³/mol. The lowest BCUT2D eigenvalue weighted by atomic mass is 9.81. The molecule has 1 saturated carbocycles. The number of halogens is 1. The zero-order chi connectivity index (χ0) is 13.7. The van der Waals surface area contributed by atoms with Crippen LogP contribution in [0.2, 0.25) is 0 Å². The third kappa shape index (κ3) is 4.90. The summed E-state index contributed by atoms with van der Waals surface area (Å²) in [4.78, 5) is 12.1. The second-order valence-corrected chi connectivity index (χ2v) is 6.05. The lowest BCUT2D eigenvalue weighted by Crippen LogP contribution is -2.56. The largest absolute Gasteiger partial charge is 0.375 e. The van der Waals surface area contributed by atoms with E-state index < -0.39 is 0 Å². The van der Waals surface area contributed by atoms with Gasteiger partial charge in [0, 0.05) is 13.1 Å². The Hall–Kier alpha value is -0.320. The number of carbonyl (C=O) groups is 1. The van der Waals surface area contributed by atoms with Gasteiger partial charge in [-0.25, -0.2) is 0 Å². The van der Waals surface area contributed by atoms with Gasteiger partial charge in [0.2, 0.25) is 5.91 Å². The molecule has 1 aliphatic heterocycles. The van der Waals surface area contributed by atoms with E-state index in [2.05, 4.69) is 17.6 Å². The average molecular weight is 305 g/mol. The van der Waals surface area contributed by atoms with Crippen LogP contribution >= 0.6 is 12.4 Å². The molecule has 2 fully saturated rings. The fraction of sp³-hybridized carbons (Fsp3) is 0.933. The van der Waals surface area contributed by atoms with Gasteiger partial charge in [0.15, 0.2) is 0 Å². The molecule has 0 aromatic rings. The SMILES string of the molecule is CCC1CCC(CNC(=O)[C@H]2NCCO[C@@H]2C)CC1.Cl. The Kier molecular flexibility index (Phi) is 7.85. The molecule has 0 spiro atoms. The zero-order valence-corrected chi connectivity index (χ0v) is 13.5. The van der Waals surface area contributed by atoms with E-state index in [9.17, 15) is 4.79 Å². The lowest BCUT2D eigenvalue weighted by Gasteiger charge is -2.31. The normalized spacial score (nSPS) is 34.1. The van der Waals surface area contributed by atoms with Crippen molar-refractivity contribution in [1.82, 2.24) is 10.6 Å². The summed E-state index contributed by atoms with van der Waals surface area (Å²) in [5.41, 5.74) is 0. The Labute approximate surface area is 128 Å². The molecule has 4 nitrogen and oxygen atoms in total. The summed E-state index contributed by atoms with van der Waals surface area (Å²) in [6.45, 7) is 6.54. The standard InChI is InChI=1S/C15H28N2O2.ClH/c1-3-12-4-6-13(7-5-12)10-17-15(18)14-11(2)19-9-8-16-14;/h11-14,16H,3-10H2,1-2H3,(H,17,18);1H/t11-,12?,13?,14+;/m1./s1. The maximum absolute atomic E-state index is 12.1. The molecular weight excluding hydrogens is 276 g/mol. The van der Waals surface area contributed by atoms with E-state index in [0.717, 1.165) is 19.0 Å². The van der Waals surface area contributed by atoms with Crippen LogP contribution in [0.3, 0.4) is 0 Å². The third-order valence-electron chi connectivity index (χ3n) is 4.71. The first-order chi connectivity index (χ1) is 9.20. The minimum absolute atomic E-state index is 0. The average Bonchev–Trinajstić information content (AvgIpc) is 2.46. The number of rotatable bonds is 4. The van der Waals surface area contributed by atoms with Crippen LogP contribution in [-0.2, 0) is 9.53 Å². The van der Waals surface area contributed by atoms with Gasteiger partial charge in [0.25, 0.3) is 0 Å². The molecule has 1 heterocycles. The molecule has 118 valence electrons. The molecule has 2 atom stereocenters. The Balaban J connectivity index is 0.00000200. The van der Waals surface area contributed by atoms with E-state index in [4.69, 9.17) is 4.74 Å². The van der Waals surface area contributed by atoms with Crippen LogP contribution in [0, 0.1) is 11.8 Å². The molecule has 2 aliphatic rings. The highest BCUT2D eigenvalue weighted by Gasteiger charge is 2.29. The summed E-state index contributed by atoms with van der Waals surface area (Å²) in [6, 6.07) is -0.180. The Bertz CT molecular complexity index is 294. The van der Waals surface area contributed by atoms with Crippen molar-refractivity contribution in [1.29, 1.82) is 0 Å². The Morgan fingerprint density at radius 2 is 1.90 bits per heavy atom. The molecule has 0 aromatic heterocycles. The fourth-order valence-electron chi connectivity index (χ4n) is 3.23. The van der Waals surface area contributed by atoms with E-state index in [-0.39, 0.29) is 30.5 Å². The molecule has 1 amide bonds. The van der Waals surface area contributed by atoms with Crippen LogP contribution in [0.4, 0.5) is 0 Å². The molecule has 5 heteroatoms. The molecule has 0 radical (unpaired) electrons. The highest BCUT2D eigenvalue weighted by Crippen LogP contribution is 2.30. The first kappa shape index (κ1) is 17.7. The summed E-state index contributed by atoms with van der Waals surface area (Å²) in [5.74, 6) is 1.69. The maximum atomic E-state index is 12.1. The van der Waals surface area contributed by atoms with Gasteiger partial charge in [-0.05, 0) is 31.6 Å². The topological polar surface area (TPSA) is 50.4 Å². The molecule has 2 N–H and O–H groups in total. The first-order valence-electron chi connectivity index (χ1n) is 7.83. The highest BCUT2D eigenvalue weighted by atomic mass is 35.5. The summed E-state index contributed by atoms with van der Waals surface area (Å²) in [5, 5.41) is 6.34. The van der Waals surface area contributed by atoms with Crippen molar-refractivity contribution in [2.24, 2.45) is 11.8 Å². The Morgan fingerprint density at radius 3 is 2.50 bits per heavy atom. The molecular formula is C15H29ClN2O2. The molecule has 1 saturated heterocycles. The van der Waals surface area contributed by atoms with Gasteiger partial charge in [-0.3, -0.25) is 4.79 Å². The van der Waals surface area contributed by atoms with Gasteiger partial charge in [-0.2, -0.15) is 0 Å². The van der Waals surface area contributed by atoms with Crippen molar-refractivity contribution < 1.29 is 9.53 Å². The molecule has 1 aliphatic carbocycles. The Morgan fingerprint density at radius 1 is 1.25 bits per heavy atom. The van der Waals surface area contributed by atoms with Crippen LogP contribution in [0.5, 0.6) is 0 Å². The van der Waals surface area contributed by atoms with Crippen LogP contribution < -0.4 is 10.6 Å². The van der Waals surface area contributed by atoms with E-state index in [1.807, 2.05) is 6.92 Å². The van der Waals surface area contributed by atoms with Gasteiger partial charge < -0.3 is 15.4 Å².